The Morgan fingerprint density at radius 2 is 2.12 bits per heavy atom. The zero-order valence-corrected chi connectivity index (χ0v) is 9.44. The minimum absolute atomic E-state index is 0.158. The van der Waals surface area contributed by atoms with Crippen molar-refractivity contribution >= 4 is 11.7 Å². The van der Waals surface area contributed by atoms with E-state index in [1.807, 2.05) is 0 Å². The summed E-state index contributed by atoms with van der Waals surface area (Å²) in [6, 6.07) is 3.23. The molecule has 0 saturated heterocycles. The first-order chi connectivity index (χ1) is 7.74. The van der Waals surface area contributed by atoms with Gasteiger partial charge in [0.25, 0.3) is 5.69 Å². The van der Waals surface area contributed by atoms with Gasteiger partial charge in [-0.2, -0.15) is 0 Å². The molecule has 92 valence electrons. The number of benzene rings is 1. The number of carboxylic acids is 1. The highest BCUT2D eigenvalue weighted by atomic mass is 19.1. The SMILES string of the molecule is CC(C)(CC(=O)O)c1ccc([N+](=O)[O-])cc1F. The van der Waals surface area contributed by atoms with Gasteiger partial charge in [0.2, 0.25) is 0 Å². The maximum Gasteiger partial charge on any atom is 0.304 e. The van der Waals surface area contributed by atoms with E-state index in [-0.39, 0.29) is 17.7 Å². The van der Waals surface area contributed by atoms with Crippen LogP contribution in [-0.4, -0.2) is 16.0 Å². The van der Waals surface area contributed by atoms with E-state index in [0.717, 1.165) is 6.07 Å². The maximum absolute atomic E-state index is 13.7. The van der Waals surface area contributed by atoms with Crippen LogP contribution < -0.4 is 0 Å². The number of aliphatic carboxylic acids is 1. The predicted molar refractivity (Wildman–Crippen MR) is 58.3 cm³/mol. The molecule has 1 N–H and O–H groups in total. The molecule has 0 atom stereocenters. The van der Waals surface area contributed by atoms with Crippen molar-refractivity contribution in [3.63, 3.8) is 0 Å². The van der Waals surface area contributed by atoms with Crippen molar-refractivity contribution < 1.29 is 19.2 Å². The number of hydrogen-bond donors (Lipinski definition) is 1. The van der Waals surface area contributed by atoms with Gasteiger partial charge in [0.15, 0.2) is 0 Å². The molecule has 1 aromatic carbocycles. The second-order valence-electron chi connectivity index (χ2n) is 4.38. The van der Waals surface area contributed by atoms with Crippen molar-refractivity contribution in [2.24, 2.45) is 0 Å². The molecule has 0 amide bonds. The van der Waals surface area contributed by atoms with E-state index in [4.69, 9.17) is 5.11 Å². The van der Waals surface area contributed by atoms with Crippen LogP contribution in [0.15, 0.2) is 18.2 Å². The van der Waals surface area contributed by atoms with Crippen molar-refractivity contribution in [3.8, 4) is 0 Å². The molecule has 0 aliphatic heterocycles. The number of nitro groups is 1. The van der Waals surface area contributed by atoms with Crippen LogP contribution in [0.25, 0.3) is 0 Å². The molecule has 0 heterocycles. The largest absolute Gasteiger partial charge is 0.481 e. The van der Waals surface area contributed by atoms with E-state index in [1.54, 1.807) is 13.8 Å². The Bertz CT molecular complexity index is 471. The Kier molecular flexibility index (Phi) is 3.45. The standard InChI is InChI=1S/C11H12FNO4/c1-11(2,6-10(14)15)8-4-3-7(13(16)17)5-9(8)12/h3-5H,6H2,1-2H3,(H,14,15). The normalized spacial score (nSPS) is 11.2. The summed E-state index contributed by atoms with van der Waals surface area (Å²) in [6.07, 6.45) is -0.248. The van der Waals surface area contributed by atoms with Gasteiger partial charge >= 0.3 is 5.97 Å². The van der Waals surface area contributed by atoms with Crippen LogP contribution in [0.1, 0.15) is 25.8 Å². The Balaban J connectivity index is 3.15. The minimum Gasteiger partial charge on any atom is -0.481 e. The second-order valence-corrected chi connectivity index (χ2v) is 4.38. The Hall–Kier alpha value is -1.98. The number of carboxylic acid groups (broad SMARTS) is 1. The molecule has 17 heavy (non-hydrogen) atoms. The molecule has 1 rings (SSSR count). The molecule has 0 aliphatic rings. The molecule has 0 saturated carbocycles. The summed E-state index contributed by atoms with van der Waals surface area (Å²) >= 11 is 0. The van der Waals surface area contributed by atoms with E-state index in [1.165, 1.54) is 12.1 Å². The monoisotopic (exact) mass is 241 g/mol. The van der Waals surface area contributed by atoms with Gasteiger partial charge in [0, 0.05) is 11.5 Å². The summed E-state index contributed by atoms with van der Waals surface area (Å²) in [5.41, 5.74) is -1.10. The maximum atomic E-state index is 13.7. The van der Waals surface area contributed by atoms with E-state index in [2.05, 4.69) is 0 Å². The lowest BCUT2D eigenvalue weighted by atomic mass is 9.81. The van der Waals surface area contributed by atoms with Crippen LogP contribution in [0.4, 0.5) is 10.1 Å². The Morgan fingerprint density at radius 1 is 1.53 bits per heavy atom. The number of halogens is 1. The number of non-ortho nitro benzene ring substituents is 1. The lowest BCUT2D eigenvalue weighted by Crippen LogP contribution is -2.23. The molecule has 0 radical (unpaired) electrons. The number of rotatable bonds is 4. The van der Waals surface area contributed by atoms with Crippen LogP contribution >= 0.6 is 0 Å². The highest BCUT2D eigenvalue weighted by molar-refractivity contribution is 5.69. The third kappa shape index (κ3) is 2.99. The lowest BCUT2D eigenvalue weighted by Gasteiger charge is -2.23. The van der Waals surface area contributed by atoms with Gasteiger partial charge in [-0.25, -0.2) is 4.39 Å². The van der Waals surface area contributed by atoms with Gasteiger partial charge in [-0.1, -0.05) is 13.8 Å². The van der Waals surface area contributed by atoms with E-state index >= 15 is 0 Å². The van der Waals surface area contributed by atoms with Gasteiger partial charge in [0.05, 0.1) is 17.4 Å². The first kappa shape index (κ1) is 13.1. The molecule has 6 heteroatoms. The molecule has 1 aromatic rings. The van der Waals surface area contributed by atoms with Crippen molar-refractivity contribution in [2.75, 3.05) is 0 Å². The molecule has 0 fully saturated rings. The average molecular weight is 241 g/mol. The van der Waals surface area contributed by atoms with Crippen molar-refractivity contribution in [1.29, 1.82) is 0 Å². The van der Waals surface area contributed by atoms with Crippen LogP contribution in [0, 0.1) is 15.9 Å². The zero-order valence-electron chi connectivity index (χ0n) is 9.44. The fraction of sp³-hybridized carbons (Fsp3) is 0.364. The smallest absolute Gasteiger partial charge is 0.304 e. The van der Waals surface area contributed by atoms with Crippen molar-refractivity contribution in [2.45, 2.75) is 25.7 Å². The molecule has 5 nitrogen and oxygen atoms in total. The molecule has 0 unspecified atom stereocenters. The summed E-state index contributed by atoms with van der Waals surface area (Å²) < 4.78 is 13.7. The highest BCUT2D eigenvalue weighted by Crippen LogP contribution is 2.31. The number of hydrogen-bond acceptors (Lipinski definition) is 3. The predicted octanol–water partition coefficient (Wildman–Crippen LogP) is 2.49. The second kappa shape index (κ2) is 4.48. The van der Waals surface area contributed by atoms with Crippen LogP contribution in [0.3, 0.4) is 0 Å². The number of carbonyl (C=O) groups is 1. The van der Waals surface area contributed by atoms with Gasteiger partial charge in [-0.05, 0) is 11.6 Å². The lowest BCUT2D eigenvalue weighted by molar-refractivity contribution is -0.385. The topological polar surface area (TPSA) is 80.4 Å². The fourth-order valence-electron chi connectivity index (χ4n) is 1.64. The first-order valence-electron chi connectivity index (χ1n) is 4.90. The quantitative estimate of drug-likeness (QED) is 0.648. The van der Waals surface area contributed by atoms with Gasteiger partial charge in [-0.15, -0.1) is 0 Å². The van der Waals surface area contributed by atoms with Crippen molar-refractivity contribution in [1.82, 2.24) is 0 Å². The zero-order chi connectivity index (χ0) is 13.2. The molecule has 0 aliphatic carbocycles. The molecular formula is C11H12FNO4. The van der Waals surface area contributed by atoms with E-state index in [9.17, 15) is 19.3 Å². The van der Waals surface area contributed by atoms with Crippen LogP contribution in [0.5, 0.6) is 0 Å². The summed E-state index contributed by atoms with van der Waals surface area (Å²) in [5, 5.41) is 19.2. The van der Waals surface area contributed by atoms with E-state index < -0.39 is 22.1 Å². The molecular weight excluding hydrogens is 229 g/mol. The van der Waals surface area contributed by atoms with Crippen molar-refractivity contribution in [3.05, 3.63) is 39.7 Å². The van der Waals surface area contributed by atoms with Gasteiger partial charge in [-0.3, -0.25) is 14.9 Å². The van der Waals surface area contributed by atoms with Gasteiger partial charge < -0.3 is 5.11 Å². The van der Waals surface area contributed by atoms with Gasteiger partial charge in [0.1, 0.15) is 5.82 Å². The minimum atomic E-state index is -1.05. The molecule has 0 aromatic heterocycles. The average Bonchev–Trinajstić information content (AvgIpc) is 2.14. The third-order valence-corrected chi connectivity index (χ3v) is 2.49. The third-order valence-electron chi connectivity index (χ3n) is 2.49. The molecule has 0 bridgehead atoms. The summed E-state index contributed by atoms with van der Waals surface area (Å²) in [6.45, 7) is 3.15. The van der Waals surface area contributed by atoms with E-state index in [0.29, 0.717) is 0 Å². The first-order valence-corrected chi connectivity index (χ1v) is 4.90. The summed E-state index contributed by atoms with van der Waals surface area (Å²) in [5.74, 6) is -1.81. The van der Waals surface area contributed by atoms with Crippen LogP contribution in [0.2, 0.25) is 0 Å². The highest BCUT2D eigenvalue weighted by Gasteiger charge is 2.28. The Morgan fingerprint density at radius 3 is 2.53 bits per heavy atom. The summed E-state index contributed by atoms with van der Waals surface area (Å²) in [4.78, 5) is 20.4. The molecule has 0 spiro atoms. The fourth-order valence-corrected chi connectivity index (χ4v) is 1.64. The number of nitrogens with zero attached hydrogens (tertiary/aromatic N) is 1. The Labute approximate surface area is 97.0 Å². The summed E-state index contributed by atoms with van der Waals surface area (Å²) in [7, 11) is 0. The van der Waals surface area contributed by atoms with Crippen LogP contribution in [-0.2, 0) is 10.2 Å². The number of nitro benzene ring substituents is 1.